The Hall–Kier alpha value is -2.13. The topological polar surface area (TPSA) is 79.4 Å². The summed E-state index contributed by atoms with van der Waals surface area (Å²) in [6.45, 7) is 5.34. The zero-order valence-corrected chi connectivity index (χ0v) is 11.6. The molecule has 1 saturated heterocycles. The fourth-order valence-electron chi connectivity index (χ4n) is 2.45. The van der Waals surface area contributed by atoms with Gasteiger partial charge in [0.05, 0.1) is 34.9 Å². The van der Waals surface area contributed by atoms with Crippen LogP contribution in [0, 0.1) is 21.4 Å². The minimum Gasteiger partial charge on any atom is -0.375 e. The van der Waals surface area contributed by atoms with Crippen LogP contribution in [0.15, 0.2) is 18.2 Å². The van der Waals surface area contributed by atoms with Crippen molar-refractivity contribution < 1.29 is 9.66 Å². The van der Waals surface area contributed by atoms with Crippen LogP contribution in [0.3, 0.4) is 0 Å². The van der Waals surface area contributed by atoms with E-state index in [0.717, 1.165) is 12.1 Å². The van der Waals surface area contributed by atoms with E-state index in [2.05, 4.69) is 17.9 Å². The van der Waals surface area contributed by atoms with Gasteiger partial charge in [0.15, 0.2) is 0 Å². The molecule has 1 aromatic rings. The highest BCUT2D eigenvalue weighted by atomic mass is 16.6. The summed E-state index contributed by atoms with van der Waals surface area (Å²) in [5.74, 6) is 0. The van der Waals surface area contributed by atoms with Gasteiger partial charge in [-0.25, -0.2) is 0 Å². The highest BCUT2D eigenvalue weighted by Gasteiger charge is 2.28. The third kappa shape index (κ3) is 2.73. The van der Waals surface area contributed by atoms with Crippen LogP contribution < -0.4 is 4.90 Å². The quantitative estimate of drug-likeness (QED) is 0.625. The number of hydrogen-bond donors (Lipinski definition) is 0. The van der Waals surface area contributed by atoms with Crippen molar-refractivity contribution in [3.05, 3.63) is 33.9 Å². The van der Waals surface area contributed by atoms with Crippen LogP contribution in [-0.4, -0.2) is 30.2 Å². The molecule has 0 N–H and O–H groups in total. The Morgan fingerprint density at radius 3 is 2.95 bits per heavy atom. The first-order chi connectivity index (χ1) is 9.56. The van der Waals surface area contributed by atoms with Crippen molar-refractivity contribution in [2.24, 2.45) is 0 Å². The van der Waals surface area contributed by atoms with Gasteiger partial charge in [-0.15, -0.1) is 0 Å². The predicted molar refractivity (Wildman–Crippen MR) is 74.7 cm³/mol. The number of nitro benzene ring substituents is 1. The van der Waals surface area contributed by atoms with Gasteiger partial charge in [0.25, 0.3) is 5.69 Å². The molecule has 0 radical (unpaired) electrons. The van der Waals surface area contributed by atoms with E-state index < -0.39 is 4.92 Å². The maximum atomic E-state index is 10.8. The van der Waals surface area contributed by atoms with E-state index in [1.54, 1.807) is 6.07 Å². The summed E-state index contributed by atoms with van der Waals surface area (Å²) in [7, 11) is 0. The van der Waals surface area contributed by atoms with Gasteiger partial charge in [-0.1, -0.05) is 6.92 Å². The number of anilines is 1. The molecule has 106 valence electrons. The van der Waals surface area contributed by atoms with E-state index in [-0.39, 0.29) is 17.8 Å². The summed E-state index contributed by atoms with van der Waals surface area (Å²) in [6.07, 6.45) is 0.980. The molecule has 0 aliphatic carbocycles. The molecule has 0 amide bonds. The van der Waals surface area contributed by atoms with Gasteiger partial charge in [0.2, 0.25) is 0 Å². The molecule has 1 aromatic carbocycles. The summed E-state index contributed by atoms with van der Waals surface area (Å²) >= 11 is 0. The van der Waals surface area contributed by atoms with Crippen LogP contribution in [0.2, 0.25) is 0 Å². The Kier molecular flexibility index (Phi) is 4.20. The van der Waals surface area contributed by atoms with Crippen molar-refractivity contribution in [3.8, 4) is 6.07 Å². The van der Waals surface area contributed by atoms with E-state index in [4.69, 9.17) is 4.74 Å². The summed E-state index contributed by atoms with van der Waals surface area (Å²) in [5.41, 5.74) is 1.03. The van der Waals surface area contributed by atoms with Crippen LogP contribution in [0.1, 0.15) is 25.8 Å². The predicted octanol–water partition coefficient (Wildman–Crippen LogP) is 2.47. The Morgan fingerprint density at radius 2 is 2.35 bits per heavy atom. The standard InChI is InChI=1S/C14H17N3O3/c1-3-12-9-20-10(2)8-16(12)14-5-4-13(17(18)19)6-11(14)7-15/h4-6,10,12H,3,8-9H2,1-2H3. The molecule has 2 rings (SSSR count). The lowest BCUT2D eigenvalue weighted by Gasteiger charge is -2.40. The first-order valence-corrected chi connectivity index (χ1v) is 6.63. The lowest BCUT2D eigenvalue weighted by Crippen LogP contribution is -2.49. The average Bonchev–Trinajstić information content (AvgIpc) is 2.46. The number of morpholine rings is 1. The maximum Gasteiger partial charge on any atom is 0.270 e. The van der Waals surface area contributed by atoms with Crippen molar-refractivity contribution in [2.75, 3.05) is 18.1 Å². The number of nitriles is 1. The van der Waals surface area contributed by atoms with E-state index in [1.165, 1.54) is 12.1 Å². The number of nitrogens with zero attached hydrogens (tertiary/aromatic N) is 3. The second kappa shape index (κ2) is 5.88. The summed E-state index contributed by atoms with van der Waals surface area (Å²) in [6, 6.07) is 6.70. The highest BCUT2D eigenvalue weighted by molar-refractivity contribution is 5.63. The molecule has 1 fully saturated rings. The normalized spacial score (nSPS) is 22.4. The number of rotatable bonds is 3. The molecule has 20 heavy (non-hydrogen) atoms. The van der Waals surface area contributed by atoms with Gasteiger partial charge in [0, 0.05) is 18.7 Å². The first kappa shape index (κ1) is 14.3. The van der Waals surface area contributed by atoms with Crippen molar-refractivity contribution in [1.82, 2.24) is 0 Å². The lowest BCUT2D eigenvalue weighted by atomic mass is 10.1. The van der Waals surface area contributed by atoms with E-state index >= 15 is 0 Å². The molecule has 0 spiro atoms. The van der Waals surface area contributed by atoms with E-state index in [0.29, 0.717) is 18.7 Å². The molecule has 2 unspecified atom stereocenters. The largest absolute Gasteiger partial charge is 0.375 e. The van der Waals surface area contributed by atoms with Gasteiger partial charge in [-0.2, -0.15) is 5.26 Å². The average molecular weight is 275 g/mol. The molecule has 2 atom stereocenters. The van der Waals surface area contributed by atoms with Crippen LogP contribution in [-0.2, 0) is 4.74 Å². The molecule has 1 aliphatic heterocycles. The smallest absolute Gasteiger partial charge is 0.270 e. The minimum atomic E-state index is -0.482. The molecule has 6 nitrogen and oxygen atoms in total. The van der Waals surface area contributed by atoms with Crippen LogP contribution in [0.25, 0.3) is 0 Å². The first-order valence-electron chi connectivity index (χ1n) is 6.63. The summed E-state index contributed by atoms with van der Waals surface area (Å²) < 4.78 is 5.64. The number of ether oxygens (including phenoxy) is 1. The minimum absolute atomic E-state index is 0.0559. The molecule has 0 bridgehead atoms. The molecule has 0 saturated carbocycles. The lowest BCUT2D eigenvalue weighted by molar-refractivity contribution is -0.384. The van der Waals surface area contributed by atoms with Gasteiger partial charge < -0.3 is 9.64 Å². The molecular formula is C14H17N3O3. The van der Waals surface area contributed by atoms with Gasteiger partial charge in [-0.05, 0) is 19.4 Å². The second-order valence-electron chi connectivity index (χ2n) is 4.93. The third-order valence-corrected chi connectivity index (χ3v) is 3.56. The van der Waals surface area contributed by atoms with Crippen molar-refractivity contribution in [1.29, 1.82) is 5.26 Å². The van der Waals surface area contributed by atoms with Crippen LogP contribution >= 0.6 is 0 Å². The van der Waals surface area contributed by atoms with Crippen LogP contribution in [0.5, 0.6) is 0 Å². The summed E-state index contributed by atoms with van der Waals surface area (Å²) in [4.78, 5) is 12.4. The number of benzene rings is 1. The second-order valence-corrected chi connectivity index (χ2v) is 4.93. The number of non-ortho nitro benzene ring substituents is 1. The molecule has 1 heterocycles. The number of hydrogen-bond acceptors (Lipinski definition) is 5. The van der Waals surface area contributed by atoms with Gasteiger partial charge >= 0.3 is 0 Å². The van der Waals surface area contributed by atoms with Crippen LogP contribution in [0.4, 0.5) is 11.4 Å². The maximum absolute atomic E-state index is 10.8. The van der Waals surface area contributed by atoms with E-state index in [9.17, 15) is 15.4 Å². The Labute approximate surface area is 117 Å². The SMILES string of the molecule is CCC1COC(C)CN1c1ccc([N+](=O)[O-])cc1C#N. The van der Waals surface area contributed by atoms with Gasteiger partial charge in [-0.3, -0.25) is 10.1 Å². The van der Waals surface area contributed by atoms with E-state index in [1.807, 2.05) is 6.92 Å². The summed E-state index contributed by atoms with van der Waals surface area (Å²) in [5, 5.41) is 20.0. The van der Waals surface area contributed by atoms with Crippen molar-refractivity contribution >= 4 is 11.4 Å². The van der Waals surface area contributed by atoms with Gasteiger partial charge in [0.1, 0.15) is 6.07 Å². The third-order valence-electron chi connectivity index (χ3n) is 3.56. The monoisotopic (exact) mass is 275 g/mol. The fourth-order valence-corrected chi connectivity index (χ4v) is 2.45. The fraction of sp³-hybridized carbons (Fsp3) is 0.500. The molecule has 1 aliphatic rings. The molecule has 0 aromatic heterocycles. The van der Waals surface area contributed by atoms with Crippen molar-refractivity contribution in [3.63, 3.8) is 0 Å². The number of nitro groups is 1. The Bertz CT molecular complexity index is 553. The Morgan fingerprint density at radius 1 is 1.60 bits per heavy atom. The highest BCUT2D eigenvalue weighted by Crippen LogP contribution is 2.29. The molecule has 6 heteroatoms. The Balaban J connectivity index is 2.40. The molecular weight excluding hydrogens is 258 g/mol. The van der Waals surface area contributed by atoms with Crippen molar-refractivity contribution in [2.45, 2.75) is 32.4 Å². The zero-order valence-electron chi connectivity index (χ0n) is 11.6. The zero-order chi connectivity index (χ0) is 14.7.